The third kappa shape index (κ3) is 6.13. The van der Waals surface area contributed by atoms with E-state index in [1.807, 2.05) is 12.2 Å². The molecule has 1 unspecified atom stereocenters. The molecule has 2 heterocycles. The molecule has 1 fully saturated rings. The van der Waals surface area contributed by atoms with Gasteiger partial charge in [-0.25, -0.2) is 4.39 Å². The lowest BCUT2D eigenvalue weighted by Crippen LogP contribution is -2.34. The first-order valence-corrected chi connectivity index (χ1v) is 12.8. The smallest absolute Gasteiger partial charge is 0.124 e. The van der Waals surface area contributed by atoms with Crippen molar-refractivity contribution < 1.29 is 4.39 Å². The molecule has 1 aromatic rings. The van der Waals surface area contributed by atoms with Crippen LogP contribution in [0.5, 0.6) is 0 Å². The van der Waals surface area contributed by atoms with Gasteiger partial charge in [0.15, 0.2) is 0 Å². The normalized spacial score (nSPS) is 18.1. The quantitative estimate of drug-likeness (QED) is 0.230. The highest BCUT2D eigenvalue weighted by atomic mass is 19.1. The minimum atomic E-state index is -0.127. The number of fused-ring (bicyclic) bond motifs is 1. The van der Waals surface area contributed by atoms with E-state index in [9.17, 15) is 4.39 Å². The zero-order valence-corrected chi connectivity index (χ0v) is 20.3. The molecule has 0 radical (unpaired) electrons. The van der Waals surface area contributed by atoms with Crippen LogP contribution in [0.3, 0.4) is 0 Å². The van der Waals surface area contributed by atoms with E-state index in [0.29, 0.717) is 5.92 Å². The average Bonchev–Trinajstić information content (AvgIpc) is 3.13. The van der Waals surface area contributed by atoms with E-state index < -0.39 is 0 Å². The molecule has 0 spiro atoms. The van der Waals surface area contributed by atoms with Crippen LogP contribution in [0.15, 0.2) is 44.0 Å². The predicted molar refractivity (Wildman–Crippen MR) is 136 cm³/mol. The molecule has 1 aromatic carbocycles. The van der Waals surface area contributed by atoms with Gasteiger partial charge in [-0.3, -0.25) is 0 Å². The number of hydrogen-bond acceptors (Lipinski definition) is 2. The predicted octanol–water partition coefficient (Wildman–Crippen LogP) is 7.67. The average molecular weight is 439 g/mol. The second kappa shape index (κ2) is 12.4. The van der Waals surface area contributed by atoms with Crippen molar-refractivity contribution in [1.29, 1.82) is 0 Å². The van der Waals surface area contributed by atoms with Crippen LogP contribution in [0.1, 0.15) is 93.7 Å². The molecule has 2 aliphatic heterocycles. The minimum Gasteiger partial charge on any atom is -0.361 e. The third-order valence-corrected chi connectivity index (χ3v) is 7.43. The lowest BCUT2D eigenvalue weighted by Gasteiger charge is -2.33. The number of nitrogens with zero attached hydrogens (tertiary/aromatic N) is 2. The van der Waals surface area contributed by atoms with Gasteiger partial charge in [0.05, 0.1) is 0 Å². The summed E-state index contributed by atoms with van der Waals surface area (Å²) in [4.78, 5) is 4.92. The number of rotatable bonds is 13. The van der Waals surface area contributed by atoms with Gasteiger partial charge >= 0.3 is 0 Å². The van der Waals surface area contributed by atoms with Gasteiger partial charge in [0, 0.05) is 23.8 Å². The van der Waals surface area contributed by atoms with Crippen molar-refractivity contribution in [1.82, 2.24) is 9.80 Å². The number of allylic oxidation sites excluding steroid dienone is 1. The molecule has 0 aromatic heterocycles. The highest BCUT2D eigenvalue weighted by molar-refractivity contribution is 5.71. The van der Waals surface area contributed by atoms with E-state index in [-0.39, 0.29) is 11.9 Å². The molecule has 0 amide bonds. The Labute approximate surface area is 195 Å². The maximum atomic E-state index is 14.6. The Bertz CT molecular complexity index is 776. The Morgan fingerprint density at radius 2 is 1.81 bits per heavy atom. The monoisotopic (exact) mass is 438 g/mol. The van der Waals surface area contributed by atoms with Gasteiger partial charge in [-0.05, 0) is 80.9 Å². The van der Waals surface area contributed by atoms with Crippen molar-refractivity contribution >= 4 is 5.70 Å². The summed E-state index contributed by atoms with van der Waals surface area (Å²) in [7, 11) is 0. The number of unbranched alkanes of at least 4 members (excludes halogenated alkanes) is 5. The van der Waals surface area contributed by atoms with Crippen molar-refractivity contribution in [2.75, 3.05) is 19.6 Å². The van der Waals surface area contributed by atoms with E-state index in [1.54, 1.807) is 12.1 Å². The minimum absolute atomic E-state index is 0.127. The van der Waals surface area contributed by atoms with E-state index in [2.05, 4.69) is 36.5 Å². The van der Waals surface area contributed by atoms with Gasteiger partial charge in [0.1, 0.15) is 5.82 Å². The lowest BCUT2D eigenvalue weighted by atomic mass is 9.85. The summed E-state index contributed by atoms with van der Waals surface area (Å²) in [5.41, 5.74) is 4.45. The lowest BCUT2D eigenvalue weighted by molar-refractivity contribution is 0.207. The Kier molecular flexibility index (Phi) is 9.59. The van der Waals surface area contributed by atoms with Gasteiger partial charge in [0.25, 0.3) is 0 Å². The summed E-state index contributed by atoms with van der Waals surface area (Å²) in [5, 5.41) is 0. The molecule has 3 heteroatoms. The van der Waals surface area contributed by atoms with E-state index >= 15 is 0 Å². The zero-order valence-electron chi connectivity index (χ0n) is 20.3. The Morgan fingerprint density at radius 1 is 1.09 bits per heavy atom. The van der Waals surface area contributed by atoms with Crippen LogP contribution in [0, 0.1) is 5.82 Å². The van der Waals surface area contributed by atoms with Gasteiger partial charge in [-0.2, -0.15) is 0 Å². The highest BCUT2D eigenvalue weighted by Gasteiger charge is 2.32. The highest BCUT2D eigenvalue weighted by Crippen LogP contribution is 2.41. The maximum Gasteiger partial charge on any atom is 0.124 e. The molecule has 2 aliphatic rings. The molecule has 3 rings (SSSR count). The van der Waals surface area contributed by atoms with Crippen LogP contribution in [-0.2, 0) is 6.54 Å². The molecular weight excluding hydrogens is 395 g/mol. The van der Waals surface area contributed by atoms with E-state index in [0.717, 1.165) is 56.6 Å². The number of benzene rings is 1. The molecule has 0 N–H and O–H groups in total. The van der Waals surface area contributed by atoms with E-state index in [1.165, 1.54) is 56.2 Å². The fourth-order valence-corrected chi connectivity index (χ4v) is 5.47. The van der Waals surface area contributed by atoms with Gasteiger partial charge in [-0.1, -0.05) is 57.8 Å². The number of piperidine rings is 1. The van der Waals surface area contributed by atoms with E-state index in [4.69, 9.17) is 0 Å². The van der Waals surface area contributed by atoms with Crippen LogP contribution < -0.4 is 0 Å². The summed E-state index contributed by atoms with van der Waals surface area (Å²) < 4.78 is 14.6. The van der Waals surface area contributed by atoms with Crippen LogP contribution in [-0.4, -0.2) is 35.5 Å². The van der Waals surface area contributed by atoms with Crippen LogP contribution >= 0.6 is 0 Å². The van der Waals surface area contributed by atoms with Crippen molar-refractivity contribution in [3.63, 3.8) is 0 Å². The zero-order chi connectivity index (χ0) is 22.9. The van der Waals surface area contributed by atoms with Crippen LogP contribution in [0.2, 0.25) is 0 Å². The fraction of sp³-hybridized carbons (Fsp3) is 0.586. The number of halogens is 1. The summed E-state index contributed by atoms with van der Waals surface area (Å²) >= 11 is 0. The Hall–Kier alpha value is -1.87. The fourth-order valence-electron chi connectivity index (χ4n) is 5.47. The first-order valence-electron chi connectivity index (χ1n) is 12.8. The second-order valence-corrected chi connectivity index (χ2v) is 9.65. The first kappa shape index (κ1) is 24.8. The van der Waals surface area contributed by atoms with Gasteiger partial charge in [0.2, 0.25) is 0 Å². The summed E-state index contributed by atoms with van der Waals surface area (Å²) in [6, 6.07) is 3.70. The number of likely N-dealkylation sites (tertiary alicyclic amines) is 1. The van der Waals surface area contributed by atoms with Gasteiger partial charge < -0.3 is 9.80 Å². The summed E-state index contributed by atoms with van der Waals surface area (Å²) in [6.07, 6.45) is 16.2. The van der Waals surface area contributed by atoms with Crippen molar-refractivity contribution in [2.24, 2.45) is 0 Å². The maximum absolute atomic E-state index is 14.6. The first-order chi connectivity index (χ1) is 15.6. The molecule has 0 bridgehead atoms. The Balaban J connectivity index is 1.60. The van der Waals surface area contributed by atoms with Crippen molar-refractivity contribution in [3.05, 3.63) is 66.5 Å². The molecule has 32 heavy (non-hydrogen) atoms. The third-order valence-electron chi connectivity index (χ3n) is 7.43. The van der Waals surface area contributed by atoms with Gasteiger partial charge in [-0.15, -0.1) is 13.2 Å². The summed E-state index contributed by atoms with van der Waals surface area (Å²) in [5.74, 6) is 0.320. The molecule has 1 saturated heterocycles. The molecule has 1 atom stereocenters. The number of hydrogen-bond donors (Lipinski definition) is 0. The second-order valence-electron chi connectivity index (χ2n) is 9.65. The topological polar surface area (TPSA) is 6.48 Å². The van der Waals surface area contributed by atoms with Crippen LogP contribution in [0.25, 0.3) is 5.70 Å². The SMILES string of the molecule is C=CCCC(C=C)N1Cc2c(cc(F)cc2C2CCN(CCCCCCCC)CC2)C1=C. The van der Waals surface area contributed by atoms with Crippen LogP contribution in [0.4, 0.5) is 4.39 Å². The van der Waals surface area contributed by atoms with Crippen molar-refractivity contribution in [2.45, 2.75) is 89.6 Å². The Morgan fingerprint density at radius 3 is 2.50 bits per heavy atom. The molecule has 176 valence electrons. The largest absolute Gasteiger partial charge is 0.361 e. The van der Waals surface area contributed by atoms with Crippen molar-refractivity contribution in [3.8, 4) is 0 Å². The standard InChI is InChI=1S/C29H43FN2/c1-5-8-10-11-12-13-17-31-18-15-24(16-19-31)28-21-25(30)20-27-23(4)32(22-29(27)28)26(7-3)14-9-6-2/h6-7,20-21,24,26H,2-5,8-19,22H2,1H3. The molecule has 0 saturated carbocycles. The molecule has 2 nitrogen and oxygen atoms in total. The molecule has 0 aliphatic carbocycles. The molecular formula is C29H43FN2. The summed E-state index contributed by atoms with van der Waals surface area (Å²) in [6.45, 7) is 18.8.